The van der Waals surface area contributed by atoms with E-state index < -0.39 is 0 Å². The third-order valence-electron chi connectivity index (χ3n) is 10.3. The molecular formula is C50H34N2S2. The number of fused-ring (bicyclic) bond motifs is 6. The molecule has 0 atom stereocenters. The molecule has 0 aliphatic heterocycles. The third-order valence-corrected chi connectivity index (χ3v) is 11.8. The van der Waals surface area contributed by atoms with Crippen molar-refractivity contribution in [3.05, 3.63) is 200 Å². The molecule has 2 nitrogen and oxygen atoms in total. The first-order valence-corrected chi connectivity index (χ1v) is 19.4. The molecule has 1 aromatic heterocycles. The van der Waals surface area contributed by atoms with Gasteiger partial charge in [0.1, 0.15) is 0 Å². The highest BCUT2D eigenvalue weighted by molar-refractivity contribution is 7.80. The lowest BCUT2D eigenvalue weighted by Gasteiger charge is -2.30. The van der Waals surface area contributed by atoms with Crippen molar-refractivity contribution in [2.24, 2.45) is 0 Å². The molecule has 4 heteroatoms. The Hall–Kier alpha value is -6.33. The maximum absolute atomic E-state index is 4.83. The van der Waals surface area contributed by atoms with Crippen LogP contribution in [0.2, 0.25) is 0 Å². The van der Waals surface area contributed by atoms with Gasteiger partial charge in [-0.15, -0.1) is 24.0 Å². The second kappa shape index (κ2) is 13.6. The van der Waals surface area contributed by atoms with Gasteiger partial charge in [-0.3, -0.25) is 0 Å². The van der Waals surface area contributed by atoms with Crippen molar-refractivity contribution in [2.45, 2.75) is 4.90 Å². The van der Waals surface area contributed by atoms with E-state index in [1.54, 1.807) is 0 Å². The second-order valence-electron chi connectivity index (χ2n) is 13.5. The number of nitrogens with zero attached hydrogens (tertiary/aromatic N) is 2. The summed E-state index contributed by atoms with van der Waals surface area (Å²) >= 11 is 6.68. The van der Waals surface area contributed by atoms with E-state index in [2.05, 4.69) is 204 Å². The molecule has 0 aliphatic rings. The van der Waals surface area contributed by atoms with Crippen molar-refractivity contribution in [2.75, 3.05) is 9.80 Å². The molecule has 0 amide bonds. The number of thiol groups is 1. The van der Waals surface area contributed by atoms with E-state index >= 15 is 0 Å². The average Bonchev–Trinajstić information content (AvgIpc) is 3.60. The van der Waals surface area contributed by atoms with E-state index in [-0.39, 0.29) is 0 Å². The Morgan fingerprint density at radius 1 is 0.352 bits per heavy atom. The predicted octanol–water partition coefficient (Wildman–Crippen LogP) is 15.3. The highest BCUT2D eigenvalue weighted by atomic mass is 32.1. The zero-order valence-corrected chi connectivity index (χ0v) is 31.0. The number of thiophene rings is 1. The van der Waals surface area contributed by atoms with Crippen LogP contribution >= 0.6 is 24.0 Å². The predicted molar refractivity (Wildman–Crippen MR) is 236 cm³/mol. The van der Waals surface area contributed by atoms with Crippen LogP contribution < -0.4 is 9.80 Å². The molecule has 54 heavy (non-hydrogen) atoms. The smallest absolute Gasteiger partial charge is 0.0547 e. The fourth-order valence-corrected chi connectivity index (χ4v) is 9.24. The number of hydrogen-bond donors (Lipinski definition) is 1. The van der Waals surface area contributed by atoms with E-state index in [1.165, 1.54) is 41.7 Å². The molecule has 0 radical (unpaired) electrons. The normalized spacial score (nSPS) is 11.4. The molecule has 0 bridgehead atoms. The van der Waals surface area contributed by atoms with Crippen LogP contribution in [0.4, 0.5) is 34.1 Å². The largest absolute Gasteiger partial charge is 0.310 e. The van der Waals surface area contributed by atoms with Crippen LogP contribution in [0.25, 0.3) is 52.8 Å². The Morgan fingerprint density at radius 3 is 1.74 bits per heavy atom. The Labute approximate surface area is 324 Å². The van der Waals surface area contributed by atoms with Crippen molar-refractivity contribution in [1.29, 1.82) is 0 Å². The van der Waals surface area contributed by atoms with E-state index in [1.807, 2.05) is 17.4 Å². The maximum atomic E-state index is 4.83. The minimum Gasteiger partial charge on any atom is -0.310 e. The summed E-state index contributed by atoms with van der Waals surface area (Å²) in [7, 11) is 0. The minimum absolute atomic E-state index is 0.955. The molecule has 0 N–H and O–H groups in total. The zero-order valence-electron chi connectivity index (χ0n) is 29.3. The van der Waals surface area contributed by atoms with Crippen LogP contribution in [-0.2, 0) is 0 Å². The lowest BCUT2D eigenvalue weighted by Crippen LogP contribution is -2.12. The number of anilines is 6. The molecule has 1 heterocycles. The Bertz CT molecular complexity index is 2970. The van der Waals surface area contributed by atoms with E-state index in [9.17, 15) is 0 Å². The molecule has 0 saturated heterocycles. The van der Waals surface area contributed by atoms with Crippen molar-refractivity contribution in [1.82, 2.24) is 0 Å². The van der Waals surface area contributed by atoms with Gasteiger partial charge in [0.05, 0.1) is 5.69 Å². The summed E-state index contributed by atoms with van der Waals surface area (Å²) in [5.74, 6) is 0. The van der Waals surface area contributed by atoms with E-state index in [0.717, 1.165) is 50.1 Å². The average molecular weight is 727 g/mol. The fraction of sp³-hybridized carbons (Fsp3) is 0. The molecule has 0 aliphatic carbocycles. The fourth-order valence-electron chi connectivity index (χ4n) is 7.81. The number of benzene rings is 9. The molecule has 256 valence electrons. The monoisotopic (exact) mass is 726 g/mol. The van der Waals surface area contributed by atoms with Crippen LogP contribution in [0.15, 0.2) is 205 Å². The first-order valence-electron chi connectivity index (χ1n) is 18.2. The lowest BCUT2D eigenvalue weighted by molar-refractivity contribution is 1.28. The van der Waals surface area contributed by atoms with Crippen LogP contribution in [0.5, 0.6) is 0 Å². The standard InChI is InChI=1S/C50H34N2S2/c53-48-24-11-9-22-42(48)34-15-13-20-38(30-34)52(37-18-5-2-6-19-37)47-31-35-14-7-8-21-41(35)43-28-26-39(32-46(43)47)51(36-16-3-1-4-17-36)40-27-29-45-44-23-10-12-25-49(44)54-50(45)33-40/h1-33,53H. The van der Waals surface area contributed by atoms with Crippen molar-refractivity contribution >= 4 is 99.8 Å². The van der Waals surface area contributed by atoms with Crippen LogP contribution in [0.1, 0.15) is 0 Å². The number of para-hydroxylation sites is 2. The highest BCUT2D eigenvalue weighted by Crippen LogP contribution is 2.46. The summed E-state index contributed by atoms with van der Waals surface area (Å²) in [5, 5.41) is 7.39. The summed E-state index contributed by atoms with van der Waals surface area (Å²) in [6, 6.07) is 72.2. The highest BCUT2D eigenvalue weighted by Gasteiger charge is 2.21. The molecule has 0 saturated carbocycles. The van der Waals surface area contributed by atoms with Gasteiger partial charge in [0, 0.05) is 58.9 Å². The quantitative estimate of drug-likeness (QED) is 0.129. The summed E-state index contributed by atoms with van der Waals surface area (Å²) in [6.45, 7) is 0. The molecule has 9 aromatic carbocycles. The zero-order chi connectivity index (χ0) is 36.0. The minimum atomic E-state index is 0.955. The van der Waals surface area contributed by atoms with Crippen molar-refractivity contribution < 1.29 is 0 Å². The first-order chi connectivity index (χ1) is 26.7. The van der Waals surface area contributed by atoms with Gasteiger partial charge < -0.3 is 9.80 Å². The van der Waals surface area contributed by atoms with Gasteiger partial charge >= 0.3 is 0 Å². The Kier molecular flexibility index (Phi) is 8.13. The number of rotatable bonds is 7. The van der Waals surface area contributed by atoms with Gasteiger partial charge in [-0.25, -0.2) is 0 Å². The SMILES string of the molecule is Sc1ccccc1-c1cccc(N(c2ccccc2)c2cc3ccccc3c3ccc(N(c4ccccc4)c4ccc5c(c4)sc4ccccc45)cc23)c1. The third kappa shape index (κ3) is 5.68. The van der Waals surface area contributed by atoms with Crippen LogP contribution in [0, 0.1) is 0 Å². The van der Waals surface area contributed by atoms with Crippen molar-refractivity contribution in [3.63, 3.8) is 0 Å². The molecular weight excluding hydrogens is 693 g/mol. The Balaban J connectivity index is 1.22. The summed E-state index contributed by atoms with van der Waals surface area (Å²) in [6.07, 6.45) is 0. The van der Waals surface area contributed by atoms with Gasteiger partial charge in [-0.05, 0) is 106 Å². The summed E-state index contributed by atoms with van der Waals surface area (Å²) in [4.78, 5) is 5.75. The van der Waals surface area contributed by atoms with E-state index in [0.29, 0.717) is 0 Å². The molecule has 0 fully saturated rings. The maximum Gasteiger partial charge on any atom is 0.0547 e. The van der Waals surface area contributed by atoms with Crippen LogP contribution in [-0.4, -0.2) is 0 Å². The lowest BCUT2D eigenvalue weighted by atomic mass is 9.97. The molecule has 0 unspecified atom stereocenters. The molecule has 10 rings (SSSR count). The topological polar surface area (TPSA) is 6.48 Å². The number of hydrogen-bond acceptors (Lipinski definition) is 4. The van der Waals surface area contributed by atoms with Crippen LogP contribution in [0.3, 0.4) is 0 Å². The van der Waals surface area contributed by atoms with Crippen molar-refractivity contribution in [3.8, 4) is 11.1 Å². The summed E-state index contributed by atoms with van der Waals surface area (Å²) < 4.78 is 2.58. The first kappa shape index (κ1) is 32.3. The van der Waals surface area contributed by atoms with Gasteiger partial charge in [-0.2, -0.15) is 0 Å². The molecule has 0 spiro atoms. The van der Waals surface area contributed by atoms with Gasteiger partial charge in [0.15, 0.2) is 0 Å². The Morgan fingerprint density at radius 2 is 0.944 bits per heavy atom. The molecule has 10 aromatic rings. The van der Waals surface area contributed by atoms with E-state index in [4.69, 9.17) is 12.6 Å². The van der Waals surface area contributed by atoms with Gasteiger partial charge in [0.25, 0.3) is 0 Å². The second-order valence-corrected chi connectivity index (χ2v) is 15.1. The van der Waals surface area contributed by atoms with Gasteiger partial charge in [0.2, 0.25) is 0 Å². The summed E-state index contributed by atoms with van der Waals surface area (Å²) in [5.41, 5.74) is 8.83. The van der Waals surface area contributed by atoms with Gasteiger partial charge in [-0.1, -0.05) is 121 Å².